The molecule has 2 aromatic rings. The zero-order valence-corrected chi connectivity index (χ0v) is 15.0. The number of rotatable bonds is 10. The van der Waals surface area contributed by atoms with E-state index >= 15 is 0 Å². The average Bonchev–Trinajstić information content (AvgIpc) is 2.94. The smallest absolute Gasteiger partial charge is 0.426 e. The van der Waals surface area contributed by atoms with E-state index in [1.54, 1.807) is 6.92 Å². The Bertz CT molecular complexity index is 693. The summed E-state index contributed by atoms with van der Waals surface area (Å²) in [4.78, 5) is 16.6. The number of carbonyl (C=O) groups excluding carboxylic acids is 1. The number of hydrogen-bond donors (Lipinski definition) is 4. The topological polar surface area (TPSA) is 126 Å². The van der Waals surface area contributed by atoms with Gasteiger partial charge in [-0.1, -0.05) is 36.8 Å². The van der Waals surface area contributed by atoms with Gasteiger partial charge in [0.05, 0.1) is 5.94 Å². The van der Waals surface area contributed by atoms with Crippen LogP contribution in [0.5, 0.6) is 0 Å². The monoisotopic (exact) mass is 359 g/mol. The molecule has 0 saturated heterocycles. The molecule has 0 aliphatic carbocycles. The van der Waals surface area contributed by atoms with Gasteiger partial charge < -0.3 is 21.1 Å². The van der Waals surface area contributed by atoms with Crippen molar-refractivity contribution < 1.29 is 14.8 Å². The molecular weight excluding hydrogens is 333 g/mol. The number of unbranched alkanes of at least 4 members (excludes halogenated alkanes) is 1. The van der Waals surface area contributed by atoms with Gasteiger partial charge in [-0.25, -0.2) is 9.67 Å². The van der Waals surface area contributed by atoms with Gasteiger partial charge >= 0.3 is 7.12 Å². The molecular formula is C17H26BN5O3. The van der Waals surface area contributed by atoms with Crippen LogP contribution >= 0.6 is 0 Å². The minimum absolute atomic E-state index is 0.0201. The highest BCUT2D eigenvalue weighted by molar-refractivity contribution is 6.43. The Balaban J connectivity index is 1.93. The van der Waals surface area contributed by atoms with E-state index in [2.05, 4.69) is 15.4 Å². The normalized spacial score (nSPS) is 12.0. The molecule has 2 rings (SSSR count). The number of nitrogens with zero attached hydrogens (tertiary/aromatic N) is 3. The summed E-state index contributed by atoms with van der Waals surface area (Å²) in [5, 5.41) is 25.9. The molecule has 0 saturated carbocycles. The van der Waals surface area contributed by atoms with Crippen LogP contribution in [0.2, 0.25) is 0 Å². The first-order chi connectivity index (χ1) is 12.5. The molecule has 8 nitrogen and oxygen atoms in total. The predicted octanol–water partition coefficient (Wildman–Crippen LogP) is -0.197. The van der Waals surface area contributed by atoms with Gasteiger partial charge in [-0.15, -0.1) is 0 Å². The Kier molecular flexibility index (Phi) is 7.77. The molecule has 1 heterocycles. The number of hydrogen-bond acceptors (Lipinski definition) is 6. The molecule has 5 N–H and O–H groups in total. The van der Waals surface area contributed by atoms with Crippen LogP contribution < -0.4 is 11.1 Å². The molecule has 0 radical (unpaired) electrons. The van der Waals surface area contributed by atoms with Gasteiger partial charge in [0.1, 0.15) is 12.4 Å². The van der Waals surface area contributed by atoms with Gasteiger partial charge in [0, 0.05) is 6.42 Å². The van der Waals surface area contributed by atoms with E-state index in [4.69, 9.17) is 5.73 Å². The number of aryl methyl sites for hydroxylation is 1. The van der Waals surface area contributed by atoms with Crippen molar-refractivity contribution >= 4 is 13.0 Å². The van der Waals surface area contributed by atoms with Gasteiger partial charge in [-0.2, -0.15) is 5.10 Å². The Labute approximate surface area is 153 Å². The Hall–Kier alpha value is -2.23. The van der Waals surface area contributed by atoms with E-state index in [9.17, 15) is 14.8 Å². The Morgan fingerprint density at radius 1 is 1.31 bits per heavy atom. The van der Waals surface area contributed by atoms with Crippen molar-refractivity contribution in [3.05, 3.63) is 47.5 Å². The molecule has 0 spiro atoms. The molecule has 26 heavy (non-hydrogen) atoms. The van der Waals surface area contributed by atoms with Crippen LogP contribution in [-0.2, 0) is 17.8 Å². The third kappa shape index (κ3) is 6.25. The van der Waals surface area contributed by atoms with Gasteiger partial charge in [0.2, 0.25) is 5.91 Å². The maximum Gasteiger partial charge on any atom is 0.475 e. The van der Waals surface area contributed by atoms with Gasteiger partial charge in [0.15, 0.2) is 5.82 Å². The lowest BCUT2D eigenvalue weighted by atomic mass is 9.76. The highest BCUT2D eigenvalue weighted by atomic mass is 16.4. The van der Waals surface area contributed by atoms with Gasteiger partial charge in [-0.3, -0.25) is 4.79 Å². The average molecular weight is 359 g/mol. The quantitative estimate of drug-likeness (QED) is 0.344. The second-order valence-corrected chi connectivity index (χ2v) is 6.27. The molecule has 1 aromatic heterocycles. The highest BCUT2D eigenvalue weighted by Crippen LogP contribution is 2.07. The Morgan fingerprint density at radius 3 is 2.69 bits per heavy atom. The molecule has 0 bridgehead atoms. The summed E-state index contributed by atoms with van der Waals surface area (Å²) < 4.78 is 1.52. The summed E-state index contributed by atoms with van der Waals surface area (Å²) in [6, 6.07) is 9.86. The summed E-state index contributed by atoms with van der Waals surface area (Å²) in [5.41, 5.74) is 6.53. The summed E-state index contributed by atoms with van der Waals surface area (Å²) in [5.74, 6) is 0.218. The third-order valence-corrected chi connectivity index (χ3v) is 4.07. The van der Waals surface area contributed by atoms with Crippen molar-refractivity contribution in [1.82, 2.24) is 20.1 Å². The van der Waals surface area contributed by atoms with E-state index in [1.165, 1.54) is 4.68 Å². The molecule has 0 aliphatic rings. The third-order valence-electron chi connectivity index (χ3n) is 4.07. The standard InChI is InChI=1S/C17H26BN5O3/c1-13-20-16(11-14-7-3-2-4-8-14)22-23(13)12-17(24)21-15(18(25)26)9-5-6-10-19/h2-4,7-8,15,25-26H,5-6,9-12,19H2,1H3,(H,21,24). The second-order valence-electron chi connectivity index (χ2n) is 6.27. The SMILES string of the molecule is Cc1nc(Cc2ccccc2)nn1CC(=O)NC(CCCCN)B(O)O. The van der Waals surface area contributed by atoms with Gasteiger partial charge in [-0.05, 0) is 31.9 Å². The second kappa shape index (κ2) is 10.1. The van der Waals surface area contributed by atoms with E-state index in [0.717, 1.165) is 12.0 Å². The number of aromatic nitrogens is 3. The fraction of sp³-hybridized carbons (Fsp3) is 0.471. The van der Waals surface area contributed by atoms with E-state index in [-0.39, 0.29) is 12.5 Å². The number of benzene rings is 1. The first-order valence-corrected chi connectivity index (χ1v) is 8.79. The summed E-state index contributed by atoms with van der Waals surface area (Å²) in [6.45, 7) is 2.30. The van der Waals surface area contributed by atoms with Crippen LogP contribution in [0, 0.1) is 6.92 Å². The minimum atomic E-state index is -1.61. The molecule has 9 heteroatoms. The van der Waals surface area contributed by atoms with Crippen molar-refractivity contribution in [2.45, 2.75) is 45.1 Å². The maximum absolute atomic E-state index is 12.2. The lowest BCUT2D eigenvalue weighted by Crippen LogP contribution is -2.47. The highest BCUT2D eigenvalue weighted by Gasteiger charge is 2.25. The number of nitrogens with one attached hydrogen (secondary N) is 1. The zero-order chi connectivity index (χ0) is 18.9. The molecule has 140 valence electrons. The number of nitrogens with two attached hydrogens (primary N) is 1. The number of carbonyl (C=O) groups is 1. The minimum Gasteiger partial charge on any atom is -0.426 e. The van der Waals surface area contributed by atoms with Crippen molar-refractivity contribution in [3.63, 3.8) is 0 Å². The maximum atomic E-state index is 12.2. The van der Waals surface area contributed by atoms with Crippen molar-refractivity contribution in [2.75, 3.05) is 6.54 Å². The predicted molar refractivity (Wildman–Crippen MR) is 99.0 cm³/mol. The molecule has 1 atom stereocenters. The van der Waals surface area contributed by atoms with Gasteiger partial charge in [0.25, 0.3) is 0 Å². The summed E-state index contributed by atoms with van der Waals surface area (Å²) in [7, 11) is -1.61. The fourth-order valence-corrected chi connectivity index (χ4v) is 2.67. The molecule has 0 aliphatic heterocycles. The molecule has 1 unspecified atom stereocenters. The van der Waals surface area contributed by atoms with E-state index in [1.807, 2.05) is 30.3 Å². The molecule has 1 amide bonds. The number of amides is 1. The van der Waals surface area contributed by atoms with Crippen molar-refractivity contribution in [1.29, 1.82) is 0 Å². The first-order valence-electron chi connectivity index (χ1n) is 8.79. The van der Waals surface area contributed by atoms with Crippen LogP contribution in [0.15, 0.2) is 30.3 Å². The van der Waals surface area contributed by atoms with Crippen LogP contribution in [0.25, 0.3) is 0 Å². The first kappa shape index (κ1) is 20.1. The lowest BCUT2D eigenvalue weighted by Gasteiger charge is -2.17. The van der Waals surface area contributed by atoms with Crippen LogP contribution in [0.1, 0.15) is 36.5 Å². The largest absolute Gasteiger partial charge is 0.475 e. The fourth-order valence-electron chi connectivity index (χ4n) is 2.67. The molecule has 1 aromatic carbocycles. The molecule has 0 fully saturated rings. The van der Waals surface area contributed by atoms with E-state index < -0.39 is 13.1 Å². The zero-order valence-electron chi connectivity index (χ0n) is 15.0. The summed E-state index contributed by atoms with van der Waals surface area (Å²) >= 11 is 0. The van der Waals surface area contributed by atoms with Crippen LogP contribution in [-0.4, -0.2) is 50.3 Å². The Morgan fingerprint density at radius 2 is 2.04 bits per heavy atom. The van der Waals surface area contributed by atoms with Crippen molar-refractivity contribution in [2.24, 2.45) is 5.73 Å². The van der Waals surface area contributed by atoms with Crippen LogP contribution in [0.3, 0.4) is 0 Å². The van der Waals surface area contributed by atoms with E-state index in [0.29, 0.717) is 37.5 Å². The lowest BCUT2D eigenvalue weighted by molar-refractivity contribution is -0.122. The summed E-state index contributed by atoms with van der Waals surface area (Å²) in [6.07, 6.45) is 2.52. The van der Waals surface area contributed by atoms with Crippen LogP contribution in [0.4, 0.5) is 0 Å². The van der Waals surface area contributed by atoms with Crippen molar-refractivity contribution in [3.8, 4) is 0 Å².